The maximum absolute atomic E-state index is 12.0. The zero-order chi connectivity index (χ0) is 14.8. The standard InChI is InChI=1S/C14H16BrNO4/c1-14(13(18)19)8-20-7-11(14)16-12(17)6-9-2-4-10(15)5-3-9/h2-5,11H,6-8H2,1H3,(H,16,17)(H,18,19). The molecule has 0 saturated carbocycles. The molecule has 0 aliphatic carbocycles. The number of nitrogens with one attached hydrogen (secondary N) is 1. The molecule has 1 saturated heterocycles. The average Bonchev–Trinajstić information content (AvgIpc) is 2.75. The molecule has 0 spiro atoms. The Balaban J connectivity index is 1.98. The number of amides is 1. The van der Waals surface area contributed by atoms with Gasteiger partial charge in [-0.3, -0.25) is 9.59 Å². The first kappa shape index (κ1) is 15.0. The van der Waals surface area contributed by atoms with Gasteiger partial charge in [0, 0.05) is 4.47 Å². The second-order valence-corrected chi connectivity index (χ2v) is 6.08. The summed E-state index contributed by atoms with van der Waals surface area (Å²) in [6, 6.07) is 6.93. The molecule has 1 fully saturated rings. The fourth-order valence-corrected chi connectivity index (χ4v) is 2.38. The molecule has 2 N–H and O–H groups in total. The van der Waals surface area contributed by atoms with Gasteiger partial charge in [-0.25, -0.2) is 0 Å². The van der Waals surface area contributed by atoms with Gasteiger partial charge in [0.25, 0.3) is 0 Å². The van der Waals surface area contributed by atoms with Crippen LogP contribution in [0.25, 0.3) is 0 Å². The van der Waals surface area contributed by atoms with Crippen LogP contribution in [0.4, 0.5) is 0 Å². The van der Waals surface area contributed by atoms with Crippen LogP contribution in [0.15, 0.2) is 28.7 Å². The Kier molecular flexibility index (Phi) is 4.45. The van der Waals surface area contributed by atoms with Crippen molar-refractivity contribution in [3.05, 3.63) is 34.3 Å². The lowest BCUT2D eigenvalue weighted by Gasteiger charge is -2.25. The zero-order valence-corrected chi connectivity index (χ0v) is 12.6. The van der Waals surface area contributed by atoms with Crippen LogP contribution < -0.4 is 5.32 Å². The highest BCUT2D eigenvalue weighted by Crippen LogP contribution is 2.28. The quantitative estimate of drug-likeness (QED) is 0.872. The van der Waals surface area contributed by atoms with Gasteiger partial charge in [-0.15, -0.1) is 0 Å². The fourth-order valence-electron chi connectivity index (χ4n) is 2.12. The second-order valence-electron chi connectivity index (χ2n) is 5.16. The lowest BCUT2D eigenvalue weighted by Crippen LogP contribution is -2.50. The van der Waals surface area contributed by atoms with Crippen LogP contribution in [0.1, 0.15) is 12.5 Å². The van der Waals surface area contributed by atoms with Gasteiger partial charge in [0.2, 0.25) is 5.91 Å². The fraction of sp³-hybridized carbons (Fsp3) is 0.429. The molecule has 1 aliphatic heterocycles. The van der Waals surface area contributed by atoms with Crippen molar-refractivity contribution in [2.45, 2.75) is 19.4 Å². The third-order valence-corrected chi connectivity index (χ3v) is 4.09. The van der Waals surface area contributed by atoms with Crippen LogP contribution in [-0.4, -0.2) is 36.2 Å². The van der Waals surface area contributed by atoms with Crippen molar-refractivity contribution in [3.8, 4) is 0 Å². The summed E-state index contributed by atoms with van der Waals surface area (Å²) in [5, 5.41) is 12.0. The summed E-state index contributed by atoms with van der Waals surface area (Å²) in [4.78, 5) is 23.3. The first-order valence-electron chi connectivity index (χ1n) is 6.27. The van der Waals surface area contributed by atoms with Crippen molar-refractivity contribution in [2.75, 3.05) is 13.2 Å². The van der Waals surface area contributed by atoms with Crippen LogP contribution in [0, 0.1) is 5.41 Å². The SMILES string of the molecule is CC1(C(=O)O)COCC1NC(=O)Cc1ccc(Br)cc1. The Bertz CT molecular complexity index is 516. The Morgan fingerprint density at radius 3 is 2.70 bits per heavy atom. The zero-order valence-electron chi connectivity index (χ0n) is 11.1. The van der Waals surface area contributed by atoms with E-state index in [9.17, 15) is 14.7 Å². The third-order valence-electron chi connectivity index (χ3n) is 3.56. The molecule has 108 valence electrons. The molecule has 1 heterocycles. The number of carbonyl (C=O) groups is 2. The van der Waals surface area contributed by atoms with Gasteiger partial charge >= 0.3 is 5.97 Å². The highest BCUT2D eigenvalue weighted by molar-refractivity contribution is 9.10. The van der Waals surface area contributed by atoms with E-state index >= 15 is 0 Å². The van der Waals surface area contributed by atoms with E-state index in [1.807, 2.05) is 24.3 Å². The molecule has 0 aromatic heterocycles. The van der Waals surface area contributed by atoms with Gasteiger partial charge in [-0.1, -0.05) is 28.1 Å². The second kappa shape index (κ2) is 5.93. The normalized spacial score (nSPS) is 25.4. The minimum atomic E-state index is -1.06. The van der Waals surface area contributed by atoms with Crippen molar-refractivity contribution in [1.29, 1.82) is 0 Å². The summed E-state index contributed by atoms with van der Waals surface area (Å²) < 4.78 is 6.15. The predicted octanol–water partition coefficient (Wildman–Crippen LogP) is 1.60. The van der Waals surface area contributed by atoms with Crippen molar-refractivity contribution < 1.29 is 19.4 Å². The third kappa shape index (κ3) is 3.19. The number of hydrogen-bond acceptors (Lipinski definition) is 3. The molecule has 1 amide bonds. The topological polar surface area (TPSA) is 75.6 Å². The average molecular weight is 342 g/mol. The van der Waals surface area contributed by atoms with E-state index in [4.69, 9.17) is 4.74 Å². The van der Waals surface area contributed by atoms with E-state index in [1.165, 1.54) is 0 Å². The lowest BCUT2D eigenvalue weighted by molar-refractivity contribution is -0.149. The highest BCUT2D eigenvalue weighted by atomic mass is 79.9. The molecule has 6 heteroatoms. The molecule has 0 bridgehead atoms. The van der Waals surface area contributed by atoms with Gasteiger partial charge < -0.3 is 15.2 Å². The van der Waals surface area contributed by atoms with Crippen molar-refractivity contribution in [2.24, 2.45) is 5.41 Å². The predicted molar refractivity (Wildman–Crippen MR) is 76.3 cm³/mol. The maximum Gasteiger partial charge on any atom is 0.313 e. The van der Waals surface area contributed by atoms with E-state index in [0.717, 1.165) is 10.0 Å². The molecule has 5 nitrogen and oxygen atoms in total. The number of carbonyl (C=O) groups excluding carboxylic acids is 1. The number of aliphatic carboxylic acids is 1. The minimum Gasteiger partial charge on any atom is -0.481 e. The van der Waals surface area contributed by atoms with Gasteiger partial charge in [-0.2, -0.15) is 0 Å². The lowest BCUT2D eigenvalue weighted by atomic mass is 9.85. The molecule has 2 unspecified atom stereocenters. The van der Waals surface area contributed by atoms with Crippen LogP contribution in [-0.2, 0) is 20.7 Å². The molecule has 1 aromatic rings. The van der Waals surface area contributed by atoms with Gasteiger partial charge in [-0.05, 0) is 24.6 Å². The number of rotatable bonds is 4. The van der Waals surface area contributed by atoms with Crippen LogP contribution in [0.3, 0.4) is 0 Å². The summed E-state index contributed by atoms with van der Waals surface area (Å²) in [5.74, 6) is -1.15. The number of carboxylic acids is 1. The van der Waals surface area contributed by atoms with Crippen LogP contribution >= 0.6 is 15.9 Å². The number of halogens is 1. The first-order chi connectivity index (χ1) is 9.41. The van der Waals surface area contributed by atoms with Gasteiger partial charge in [0.05, 0.1) is 25.7 Å². The summed E-state index contributed by atoms with van der Waals surface area (Å²) in [7, 11) is 0. The first-order valence-corrected chi connectivity index (χ1v) is 7.06. The molecule has 2 rings (SSSR count). The van der Waals surface area contributed by atoms with E-state index in [-0.39, 0.29) is 25.5 Å². The number of ether oxygens (including phenoxy) is 1. The van der Waals surface area contributed by atoms with E-state index < -0.39 is 17.4 Å². The number of hydrogen-bond donors (Lipinski definition) is 2. The molecular formula is C14H16BrNO4. The molecule has 2 atom stereocenters. The van der Waals surface area contributed by atoms with Crippen molar-refractivity contribution in [3.63, 3.8) is 0 Å². The van der Waals surface area contributed by atoms with Gasteiger partial charge in [0.1, 0.15) is 5.41 Å². The summed E-state index contributed by atoms with van der Waals surface area (Å²) >= 11 is 3.33. The highest BCUT2D eigenvalue weighted by Gasteiger charge is 2.47. The minimum absolute atomic E-state index is 0.117. The van der Waals surface area contributed by atoms with Crippen molar-refractivity contribution >= 4 is 27.8 Å². The molecular weight excluding hydrogens is 326 g/mol. The molecule has 0 radical (unpaired) electrons. The molecule has 1 aromatic carbocycles. The van der Waals surface area contributed by atoms with E-state index in [2.05, 4.69) is 21.2 Å². The van der Waals surface area contributed by atoms with Crippen LogP contribution in [0.5, 0.6) is 0 Å². The number of benzene rings is 1. The number of carboxylic acid groups (broad SMARTS) is 1. The Hall–Kier alpha value is -1.40. The summed E-state index contributed by atoms with van der Waals surface area (Å²) in [5.41, 5.74) is -0.184. The van der Waals surface area contributed by atoms with Crippen LogP contribution in [0.2, 0.25) is 0 Å². The Labute approximate surface area is 125 Å². The van der Waals surface area contributed by atoms with Gasteiger partial charge in [0.15, 0.2) is 0 Å². The van der Waals surface area contributed by atoms with E-state index in [1.54, 1.807) is 6.92 Å². The maximum atomic E-state index is 12.0. The summed E-state index contributed by atoms with van der Waals surface area (Å²) in [6.07, 6.45) is 0.222. The Morgan fingerprint density at radius 1 is 1.45 bits per heavy atom. The van der Waals surface area contributed by atoms with E-state index in [0.29, 0.717) is 0 Å². The smallest absolute Gasteiger partial charge is 0.313 e. The Morgan fingerprint density at radius 2 is 2.10 bits per heavy atom. The monoisotopic (exact) mass is 341 g/mol. The van der Waals surface area contributed by atoms with Crippen molar-refractivity contribution in [1.82, 2.24) is 5.32 Å². The molecule has 1 aliphatic rings. The summed E-state index contributed by atoms with van der Waals surface area (Å²) in [6.45, 7) is 1.94. The molecule has 20 heavy (non-hydrogen) atoms. The largest absolute Gasteiger partial charge is 0.481 e.